The van der Waals surface area contributed by atoms with Gasteiger partial charge in [0.15, 0.2) is 6.29 Å². The van der Waals surface area contributed by atoms with E-state index in [9.17, 15) is 19.8 Å². The Morgan fingerprint density at radius 2 is 1.52 bits per heavy atom. The number of hydrogen-bond donors (Lipinski definition) is 5. The summed E-state index contributed by atoms with van der Waals surface area (Å²) in [6, 6.07) is 31.4. The predicted octanol–water partition coefficient (Wildman–Crippen LogP) is 6.32. The number of amides is 2. The normalized spacial score (nSPS) is 20.3. The molecule has 2 amide bonds. The van der Waals surface area contributed by atoms with Crippen molar-refractivity contribution in [2.24, 2.45) is 0 Å². The van der Waals surface area contributed by atoms with E-state index in [0.717, 1.165) is 52.0 Å². The van der Waals surface area contributed by atoms with Crippen LogP contribution >= 0.6 is 11.6 Å². The Hall–Kier alpha value is -4.13. The average Bonchev–Trinajstić information content (AvgIpc) is 3.18. The minimum absolute atomic E-state index is 0.0244. The van der Waals surface area contributed by atoms with E-state index >= 15 is 0 Å². The topological polar surface area (TPSA) is 141 Å². The highest BCUT2D eigenvalue weighted by Crippen LogP contribution is 2.40. The summed E-state index contributed by atoms with van der Waals surface area (Å²) < 4.78 is 13.3. The van der Waals surface area contributed by atoms with Gasteiger partial charge in [-0.05, 0) is 76.9 Å². The second-order valence-corrected chi connectivity index (χ2v) is 14.1. The first-order chi connectivity index (χ1) is 25.2. The van der Waals surface area contributed by atoms with E-state index in [1.807, 2.05) is 91.0 Å². The number of aliphatic hydroxyl groups excluding tert-OH is 1. The Balaban J connectivity index is 1.14. The molecule has 0 saturated carbocycles. The van der Waals surface area contributed by atoms with Gasteiger partial charge in [0.1, 0.15) is 0 Å². The number of nitrogens with zero attached hydrogens (tertiary/aromatic N) is 1. The molecule has 3 atom stereocenters. The number of carbonyl (C=O) groups excluding carboxylic acids is 2. The second-order valence-electron chi connectivity index (χ2n) is 13.7. The first-order valence-corrected chi connectivity index (χ1v) is 18.2. The van der Waals surface area contributed by atoms with Gasteiger partial charge in [0.25, 0.3) is 0 Å². The van der Waals surface area contributed by atoms with Gasteiger partial charge in [-0.25, -0.2) is 5.48 Å². The van der Waals surface area contributed by atoms with Crippen LogP contribution in [0.25, 0.3) is 11.1 Å². The van der Waals surface area contributed by atoms with Gasteiger partial charge in [0, 0.05) is 56.0 Å². The lowest BCUT2D eigenvalue weighted by Crippen LogP contribution is -2.46. The number of ether oxygens (including phenoxy) is 2. The smallest absolute Gasteiger partial charge is 0.243 e. The zero-order valence-electron chi connectivity index (χ0n) is 29.0. The largest absolute Gasteiger partial charge is 0.392 e. The van der Waals surface area contributed by atoms with Crippen LogP contribution in [0.15, 0.2) is 97.1 Å². The molecule has 0 aliphatic carbocycles. The van der Waals surface area contributed by atoms with E-state index in [2.05, 4.69) is 16.3 Å². The molecule has 0 unspecified atom stereocenters. The number of hydrogen-bond acceptors (Lipinski definition) is 8. The highest BCUT2D eigenvalue weighted by Gasteiger charge is 2.37. The molecule has 2 fully saturated rings. The number of likely N-dealkylation sites (tertiary alicyclic amines) is 1. The third-order valence-corrected chi connectivity index (χ3v) is 10.2. The molecule has 5 N–H and O–H groups in total. The Labute approximate surface area is 309 Å². The summed E-state index contributed by atoms with van der Waals surface area (Å²) in [5.74, 6) is -0.678. The minimum atomic E-state index is -0.888. The zero-order valence-corrected chi connectivity index (χ0v) is 29.8. The summed E-state index contributed by atoms with van der Waals surface area (Å²) in [6.07, 6.45) is 1.53. The molecule has 274 valence electrons. The summed E-state index contributed by atoms with van der Waals surface area (Å²) in [6.45, 7) is 2.48. The lowest BCUT2D eigenvalue weighted by atomic mass is 9.84. The number of carbonyl (C=O) groups is 2. The lowest BCUT2D eigenvalue weighted by Gasteiger charge is -2.42. The van der Waals surface area contributed by atoms with Crippen molar-refractivity contribution in [1.29, 1.82) is 0 Å². The molecule has 2 aliphatic rings. The third-order valence-electron chi connectivity index (χ3n) is 9.98. The van der Waals surface area contributed by atoms with Crippen molar-refractivity contribution in [2.75, 3.05) is 19.6 Å². The molecule has 0 bridgehead atoms. The third kappa shape index (κ3) is 9.84. The average molecular weight is 728 g/mol. The molecular formula is C41H46ClN3O7. The summed E-state index contributed by atoms with van der Waals surface area (Å²) in [5, 5.41) is 33.2. The van der Waals surface area contributed by atoms with E-state index in [-0.39, 0.29) is 37.6 Å². The molecule has 0 radical (unpaired) electrons. The molecule has 2 saturated heterocycles. The Bertz CT molecular complexity index is 1800. The molecule has 2 heterocycles. The first kappa shape index (κ1) is 37.6. The molecule has 4 aromatic rings. The fraction of sp³-hybridized carbons (Fsp3) is 0.366. The summed E-state index contributed by atoms with van der Waals surface area (Å²) in [4.78, 5) is 25.9. The predicted molar refractivity (Wildman–Crippen MR) is 197 cm³/mol. The number of hydroxylamine groups is 1. The number of nitrogens with one attached hydrogen (secondary N) is 2. The van der Waals surface area contributed by atoms with Gasteiger partial charge >= 0.3 is 0 Å². The number of benzene rings is 4. The second kappa shape index (κ2) is 17.6. The molecule has 52 heavy (non-hydrogen) atoms. The molecule has 11 heteroatoms. The van der Waals surface area contributed by atoms with Crippen molar-refractivity contribution < 1.29 is 34.5 Å². The SMILES string of the molecule is O=C(CCCC(=O)NCc1cccc(-c2cccc([C@@H]3O[C@H](CN4CCC(O)(c5ccc(Cl)cc5)CC4)C[C@H](c4ccc(CO)cc4)O3)c2)c1)NO. The van der Waals surface area contributed by atoms with E-state index in [0.29, 0.717) is 43.8 Å². The summed E-state index contributed by atoms with van der Waals surface area (Å²) in [7, 11) is 0. The van der Waals surface area contributed by atoms with Crippen LogP contribution in [0.4, 0.5) is 0 Å². The van der Waals surface area contributed by atoms with Gasteiger partial charge in [0.2, 0.25) is 11.8 Å². The standard InChI is InChI=1S/C41H46ClN3O7/c42-35-16-14-34(15-17-35)41(49)18-20-45(21-19-41)26-36-24-37(30-12-10-28(27-46)11-13-30)52-40(51-36)33-7-2-6-32(23-33)31-5-1-4-29(22-31)25-43-38(47)8-3-9-39(48)44-50/h1-2,4-7,10-17,22-23,36-37,40,46,49-50H,3,8-9,18-21,24-27H2,(H,43,47)(H,44,48)/t36-,37+,40+/m0/s1. The zero-order chi connectivity index (χ0) is 36.5. The molecule has 4 aromatic carbocycles. The van der Waals surface area contributed by atoms with Crippen LogP contribution in [-0.4, -0.2) is 57.9 Å². The van der Waals surface area contributed by atoms with Crippen molar-refractivity contribution in [3.05, 3.63) is 130 Å². The van der Waals surface area contributed by atoms with Crippen molar-refractivity contribution in [2.45, 2.75) is 75.8 Å². The Morgan fingerprint density at radius 3 is 2.23 bits per heavy atom. The highest BCUT2D eigenvalue weighted by atomic mass is 35.5. The van der Waals surface area contributed by atoms with Gasteiger partial charge in [0.05, 0.1) is 24.4 Å². The van der Waals surface area contributed by atoms with Crippen molar-refractivity contribution in [3.8, 4) is 11.1 Å². The quantitative estimate of drug-likeness (QED) is 0.0797. The van der Waals surface area contributed by atoms with Crippen LogP contribution in [0.5, 0.6) is 0 Å². The number of piperidine rings is 1. The van der Waals surface area contributed by atoms with Crippen LogP contribution in [-0.2, 0) is 37.8 Å². The molecule has 6 rings (SSSR count). The number of rotatable bonds is 13. The summed E-state index contributed by atoms with van der Waals surface area (Å²) >= 11 is 6.09. The number of aliphatic hydroxyl groups is 2. The van der Waals surface area contributed by atoms with E-state index in [1.54, 1.807) is 5.48 Å². The molecule has 0 aromatic heterocycles. The van der Waals surface area contributed by atoms with Crippen LogP contribution in [0.2, 0.25) is 5.02 Å². The van der Waals surface area contributed by atoms with Crippen molar-refractivity contribution in [3.63, 3.8) is 0 Å². The minimum Gasteiger partial charge on any atom is -0.392 e. The maximum atomic E-state index is 12.3. The fourth-order valence-corrected chi connectivity index (χ4v) is 7.08. The van der Waals surface area contributed by atoms with Gasteiger partial charge in [-0.3, -0.25) is 14.8 Å². The van der Waals surface area contributed by atoms with Crippen LogP contribution in [0.1, 0.15) is 78.7 Å². The molecule has 0 spiro atoms. The summed E-state index contributed by atoms with van der Waals surface area (Å²) in [5.41, 5.74) is 7.23. The van der Waals surface area contributed by atoms with Crippen LogP contribution in [0, 0.1) is 0 Å². The van der Waals surface area contributed by atoms with Crippen LogP contribution < -0.4 is 10.8 Å². The molecule has 10 nitrogen and oxygen atoms in total. The van der Waals surface area contributed by atoms with Gasteiger partial charge in [-0.2, -0.15) is 0 Å². The first-order valence-electron chi connectivity index (χ1n) is 17.8. The van der Waals surface area contributed by atoms with Crippen molar-refractivity contribution >= 4 is 23.4 Å². The maximum Gasteiger partial charge on any atom is 0.243 e. The van der Waals surface area contributed by atoms with E-state index < -0.39 is 17.8 Å². The highest BCUT2D eigenvalue weighted by molar-refractivity contribution is 6.30. The van der Waals surface area contributed by atoms with E-state index in [4.69, 9.17) is 26.3 Å². The van der Waals surface area contributed by atoms with Gasteiger partial charge in [-0.1, -0.05) is 84.4 Å². The van der Waals surface area contributed by atoms with Gasteiger partial charge in [-0.15, -0.1) is 0 Å². The fourth-order valence-electron chi connectivity index (χ4n) is 6.96. The van der Waals surface area contributed by atoms with Crippen molar-refractivity contribution in [1.82, 2.24) is 15.7 Å². The van der Waals surface area contributed by atoms with E-state index in [1.165, 1.54) is 0 Å². The lowest BCUT2D eigenvalue weighted by molar-refractivity contribution is -0.253. The molecular weight excluding hydrogens is 682 g/mol. The Kier molecular flexibility index (Phi) is 12.7. The molecule has 2 aliphatic heterocycles. The Morgan fingerprint density at radius 1 is 0.827 bits per heavy atom. The van der Waals surface area contributed by atoms with Gasteiger partial charge < -0.3 is 29.9 Å². The monoisotopic (exact) mass is 727 g/mol. The number of halogens is 1. The maximum absolute atomic E-state index is 12.3. The van der Waals surface area contributed by atoms with Crippen LogP contribution in [0.3, 0.4) is 0 Å².